The van der Waals surface area contributed by atoms with Gasteiger partial charge in [-0.2, -0.15) is 0 Å². The molecule has 30 rings (SSSR count). The zero-order valence-corrected chi connectivity index (χ0v) is 79.4. The van der Waals surface area contributed by atoms with E-state index in [-0.39, 0.29) is 0 Å². The normalized spacial score (nSPS) is 11.7. The Balaban J connectivity index is 0.000000107. The van der Waals surface area contributed by atoms with E-state index in [1.165, 1.54) is 64.6 Å². The predicted molar refractivity (Wildman–Crippen MR) is 603 cm³/mol. The second-order valence-corrected chi connectivity index (χ2v) is 36.9. The van der Waals surface area contributed by atoms with Gasteiger partial charge in [0.25, 0.3) is 0 Å². The molecule has 0 saturated heterocycles. The highest BCUT2D eigenvalue weighted by atomic mass is 15.3. The molecule has 690 valence electrons. The van der Waals surface area contributed by atoms with Gasteiger partial charge < -0.3 is 27.4 Å². The average Bonchev–Trinajstić information content (AvgIpc) is 1.59. The summed E-state index contributed by atoms with van der Waals surface area (Å²) in [6, 6.07) is 186. The third-order valence-electron chi connectivity index (χ3n) is 28.8. The van der Waals surface area contributed by atoms with Gasteiger partial charge >= 0.3 is 0 Å². The fourth-order valence-corrected chi connectivity index (χ4v) is 22.6. The van der Waals surface area contributed by atoms with Gasteiger partial charge in [0, 0.05) is 115 Å². The van der Waals surface area contributed by atoms with Crippen LogP contribution in [-0.4, -0.2) is 71.7 Å². The van der Waals surface area contributed by atoms with Crippen LogP contribution in [0.3, 0.4) is 0 Å². The van der Waals surface area contributed by atoms with Crippen LogP contribution in [0.5, 0.6) is 0 Å². The highest BCUT2D eigenvalue weighted by Gasteiger charge is 2.31. The minimum atomic E-state index is 0.774. The Morgan fingerprint density at radius 1 is 0.0952 bits per heavy atom. The number of rotatable bonds is 15. The number of fused-ring (bicyclic) bond motifs is 18. The van der Waals surface area contributed by atoms with Crippen molar-refractivity contribution in [3.8, 4) is 120 Å². The smallest absolute Gasteiger partial charge is 0.170 e. The minimum absolute atomic E-state index is 0.774. The molecule has 0 radical (unpaired) electrons. The zero-order chi connectivity index (χ0) is 96.9. The van der Waals surface area contributed by atoms with Crippen molar-refractivity contribution in [2.45, 2.75) is 0 Å². The first-order valence-electron chi connectivity index (χ1n) is 49.6. The Morgan fingerprint density at radius 3 is 0.340 bits per heavy atom. The summed E-state index contributed by atoms with van der Waals surface area (Å²) >= 11 is 0. The van der Waals surface area contributed by atoms with Crippen molar-refractivity contribution in [2.75, 3.05) is 0 Å². The predicted octanol–water partition coefficient (Wildman–Crippen LogP) is 32.4. The number of benzene rings is 21. The number of aromatic nitrogens is 15. The standard InChI is InChI=1S/3C44H29N5/c3*1-2-16-30(17-3-1)47-43(35-22-8-14-28-41(35)48-37-24-10-4-18-31(37)32-19-5-11-25-38(32)48)45-46-44(47)36-23-9-15-29-42(36)49-39-26-12-6-20-33(39)34-21-7-13-27-40(34)49/h3*1-29H. The van der Waals surface area contributed by atoms with Gasteiger partial charge in [0.05, 0.1) is 100 Å². The topological polar surface area (TPSA) is 122 Å². The molecule has 15 nitrogen and oxygen atoms in total. The molecule has 21 aromatic carbocycles. The Morgan fingerprint density at radius 2 is 0.204 bits per heavy atom. The molecule has 15 heteroatoms. The van der Waals surface area contributed by atoms with Crippen LogP contribution in [0, 0.1) is 0 Å². The van der Waals surface area contributed by atoms with Gasteiger partial charge in [-0.3, -0.25) is 13.7 Å². The lowest BCUT2D eigenvalue weighted by atomic mass is 10.1. The molecule has 9 heterocycles. The second-order valence-electron chi connectivity index (χ2n) is 36.9. The van der Waals surface area contributed by atoms with Crippen LogP contribution < -0.4 is 0 Å². The van der Waals surface area contributed by atoms with E-state index in [4.69, 9.17) is 30.6 Å². The van der Waals surface area contributed by atoms with Gasteiger partial charge in [0.15, 0.2) is 34.9 Å². The third-order valence-corrected chi connectivity index (χ3v) is 28.8. The Hall–Kier alpha value is -20.2. The van der Waals surface area contributed by atoms with Crippen molar-refractivity contribution in [1.82, 2.24) is 71.7 Å². The highest BCUT2D eigenvalue weighted by Crippen LogP contribution is 2.47. The number of nitrogens with zero attached hydrogens (tertiary/aromatic N) is 15. The summed E-state index contributed by atoms with van der Waals surface area (Å²) in [6.45, 7) is 0. The van der Waals surface area contributed by atoms with Crippen LogP contribution in [0.25, 0.3) is 250 Å². The maximum absolute atomic E-state index is 5.01. The number of para-hydroxylation sites is 21. The van der Waals surface area contributed by atoms with Crippen molar-refractivity contribution in [1.29, 1.82) is 0 Å². The summed E-state index contributed by atoms with van der Waals surface area (Å²) in [5.74, 6) is 4.64. The van der Waals surface area contributed by atoms with Crippen molar-refractivity contribution in [2.24, 2.45) is 0 Å². The molecule has 0 aliphatic rings. The Labute approximate surface area is 844 Å². The van der Waals surface area contributed by atoms with Crippen LogP contribution in [0.15, 0.2) is 528 Å². The lowest BCUT2D eigenvalue weighted by Crippen LogP contribution is -2.05. The van der Waals surface area contributed by atoms with Gasteiger partial charge in [-0.05, 0) is 182 Å². The number of hydrogen-bond acceptors (Lipinski definition) is 6. The third kappa shape index (κ3) is 13.9. The van der Waals surface area contributed by atoms with E-state index in [0.717, 1.165) is 186 Å². The molecule has 0 atom stereocenters. The average molecular weight is 1880 g/mol. The van der Waals surface area contributed by atoms with Gasteiger partial charge in [-0.15, -0.1) is 30.6 Å². The zero-order valence-electron chi connectivity index (χ0n) is 79.4. The highest BCUT2D eigenvalue weighted by molar-refractivity contribution is 6.16. The first kappa shape index (κ1) is 84.9. The van der Waals surface area contributed by atoms with E-state index < -0.39 is 0 Å². The van der Waals surface area contributed by atoms with Gasteiger partial charge in [0.2, 0.25) is 0 Å². The monoisotopic (exact) mass is 1880 g/mol. The summed E-state index contributed by atoms with van der Waals surface area (Å²) in [5.41, 5.74) is 29.0. The van der Waals surface area contributed by atoms with E-state index in [1.54, 1.807) is 0 Å². The first-order chi connectivity index (χ1) is 73.1. The van der Waals surface area contributed by atoms with E-state index in [9.17, 15) is 0 Å². The fourth-order valence-electron chi connectivity index (χ4n) is 22.6. The van der Waals surface area contributed by atoms with Crippen LogP contribution in [0.2, 0.25) is 0 Å². The number of hydrogen-bond donors (Lipinski definition) is 0. The molecule has 0 unspecified atom stereocenters. The molecule has 0 fully saturated rings. The Bertz CT molecular complexity index is 8600. The molecule has 9 aromatic heterocycles. The lowest BCUT2D eigenvalue weighted by Gasteiger charge is -2.17. The SMILES string of the molecule is c1ccc(-n2c(-c3ccccc3-n3c4ccccc4c4ccccc43)nnc2-c2ccccc2-n2c3ccccc3c3ccccc32)cc1.c1ccc(-n2c(-c3ccccc3-n3c4ccccc4c4ccccc43)nnc2-c2ccccc2-n2c3ccccc3c3ccccc32)cc1.c1ccc(-n2c(-c3ccccc3-n3c4ccccc4c4ccccc43)nnc2-c2ccccc2-n2c3ccccc3c3ccccc32)cc1. The van der Waals surface area contributed by atoms with Crippen molar-refractivity contribution in [3.63, 3.8) is 0 Å². The van der Waals surface area contributed by atoms with Gasteiger partial charge in [0.1, 0.15) is 0 Å². The van der Waals surface area contributed by atoms with Crippen LogP contribution in [0.4, 0.5) is 0 Å². The Kier molecular flexibility index (Phi) is 20.5. The van der Waals surface area contributed by atoms with Gasteiger partial charge in [-0.25, -0.2) is 0 Å². The molecule has 147 heavy (non-hydrogen) atoms. The molecule has 0 bridgehead atoms. The molecule has 0 saturated carbocycles. The van der Waals surface area contributed by atoms with E-state index in [0.29, 0.717) is 0 Å². The molecule has 0 amide bonds. The molecule has 0 spiro atoms. The van der Waals surface area contributed by atoms with E-state index in [1.807, 2.05) is 18.2 Å². The largest absolute Gasteiger partial charge is 0.309 e. The molecular formula is C132H87N15. The fraction of sp³-hybridized carbons (Fsp3) is 0. The molecule has 0 aliphatic heterocycles. The van der Waals surface area contributed by atoms with Gasteiger partial charge in [-0.1, -0.05) is 346 Å². The summed E-state index contributed by atoms with van der Waals surface area (Å²) in [7, 11) is 0. The molecular weight excluding hydrogens is 1800 g/mol. The van der Waals surface area contributed by atoms with Crippen molar-refractivity contribution >= 4 is 131 Å². The molecule has 0 aliphatic carbocycles. The lowest BCUT2D eigenvalue weighted by molar-refractivity contribution is 1.06. The quantitative estimate of drug-likeness (QED) is 0.101. The molecule has 30 aromatic rings. The summed E-state index contributed by atoms with van der Waals surface area (Å²) in [5, 5.41) is 44.7. The van der Waals surface area contributed by atoms with E-state index in [2.05, 4.69) is 551 Å². The van der Waals surface area contributed by atoms with Crippen molar-refractivity contribution < 1.29 is 0 Å². The summed E-state index contributed by atoms with van der Waals surface area (Å²) in [4.78, 5) is 0. The molecule has 0 N–H and O–H groups in total. The van der Waals surface area contributed by atoms with Crippen LogP contribution in [0.1, 0.15) is 0 Å². The van der Waals surface area contributed by atoms with Crippen molar-refractivity contribution in [3.05, 3.63) is 528 Å². The maximum atomic E-state index is 5.01. The summed E-state index contributed by atoms with van der Waals surface area (Å²) in [6.07, 6.45) is 0. The second kappa shape index (κ2) is 35.6. The maximum Gasteiger partial charge on any atom is 0.170 e. The minimum Gasteiger partial charge on any atom is -0.309 e. The van der Waals surface area contributed by atoms with Crippen LogP contribution >= 0.6 is 0 Å². The van der Waals surface area contributed by atoms with Crippen LogP contribution in [-0.2, 0) is 0 Å². The van der Waals surface area contributed by atoms with E-state index >= 15 is 0 Å². The first-order valence-corrected chi connectivity index (χ1v) is 49.6. The summed E-state index contributed by atoms with van der Waals surface area (Å²) < 4.78 is 20.8.